The molecule has 4 rings (SSSR count). The molecule has 1 aliphatic heterocycles. The van der Waals surface area contributed by atoms with Gasteiger partial charge in [-0.25, -0.2) is 4.68 Å². The lowest BCUT2D eigenvalue weighted by atomic mass is 10.1. The molecule has 1 unspecified atom stereocenters. The van der Waals surface area contributed by atoms with Crippen LogP contribution < -0.4 is 5.32 Å². The van der Waals surface area contributed by atoms with Gasteiger partial charge in [0.25, 0.3) is 5.91 Å². The van der Waals surface area contributed by atoms with Crippen molar-refractivity contribution in [1.29, 1.82) is 0 Å². The van der Waals surface area contributed by atoms with Crippen LogP contribution in [0.5, 0.6) is 0 Å². The third-order valence-corrected chi connectivity index (χ3v) is 6.16. The predicted molar refractivity (Wildman–Crippen MR) is 108 cm³/mol. The van der Waals surface area contributed by atoms with Crippen LogP contribution in [-0.4, -0.2) is 19.9 Å². The van der Waals surface area contributed by atoms with Crippen LogP contribution in [0.1, 0.15) is 38.3 Å². The van der Waals surface area contributed by atoms with Crippen molar-refractivity contribution in [2.45, 2.75) is 32.3 Å². The third-order valence-electron chi connectivity index (χ3n) is 4.95. The molecule has 1 amide bonds. The monoisotopic (exact) mass is 379 g/mol. The summed E-state index contributed by atoms with van der Waals surface area (Å²) in [5, 5.41) is 7.64. The van der Waals surface area contributed by atoms with Crippen LogP contribution >= 0.6 is 0 Å². The Morgan fingerprint density at radius 1 is 1.04 bits per heavy atom. The molecule has 0 saturated heterocycles. The Bertz CT molecular complexity index is 1070. The molecule has 1 aromatic heterocycles. The Morgan fingerprint density at radius 2 is 1.78 bits per heavy atom. The number of fused-ring (bicyclic) bond motifs is 1. The molecular formula is C21H21N3O2S. The molecule has 6 heteroatoms. The van der Waals surface area contributed by atoms with E-state index >= 15 is 0 Å². The quantitative estimate of drug-likeness (QED) is 0.753. The summed E-state index contributed by atoms with van der Waals surface area (Å²) in [4.78, 5) is 12.9. The van der Waals surface area contributed by atoms with Gasteiger partial charge >= 0.3 is 0 Å². The van der Waals surface area contributed by atoms with Gasteiger partial charge in [-0.2, -0.15) is 5.10 Å². The number of carbonyl (C=O) groups excluding carboxylic acids is 1. The van der Waals surface area contributed by atoms with Crippen molar-refractivity contribution in [3.8, 4) is 5.69 Å². The van der Waals surface area contributed by atoms with E-state index < -0.39 is 10.8 Å². The van der Waals surface area contributed by atoms with Crippen LogP contribution in [-0.2, 0) is 22.3 Å². The molecule has 3 aromatic rings. The Morgan fingerprint density at radius 3 is 2.48 bits per heavy atom. The summed E-state index contributed by atoms with van der Waals surface area (Å²) >= 11 is 0. The molecule has 1 atom stereocenters. The SMILES string of the molecule is Cc1ccc(-n2nc3c(c2NC(=O)c2ccc(C)c(C)c2)CS(=O)C3)cc1. The van der Waals surface area contributed by atoms with E-state index in [-0.39, 0.29) is 5.91 Å². The summed E-state index contributed by atoms with van der Waals surface area (Å²) < 4.78 is 13.7. The first-order chi connectivity index (χ1) is 12.9. The average molecular weight is 379 g/mol. The van der Waals surface area contributed by atoms with E-state index in [0.717, 1.165) is 33.6 Å². The highest BCUT2D eigenvalue weighted by molar-refractivity contribution is 7.83. The largest absolute Gasteiger partial charge is 0.306 e. The van der Waals surface area contributed by atoms with E-state index in [9.17, 15) is 9.00 Å². The fourth-order valence-electron chi connectivity index (χ4n) is 3.19. The van der Waals surface area contributed by atoms with Gasteiger partial charge in [-0.05, 0) is 56.2 Å². The van der Waals surface area contributed by atoms with Crippen LogP contribution in [0, 0.1) is 20.8 Å². The van der Waals surface area contributed by atoms with Crippen LogP contribution in [0.2, 0.25) is 0 Å². The molecule has 2 aromatic carbocycles. The van der Waals surface area contributed by atoms with Crippen molar-refractivity contribution in [2.24, 2.45) is 0 Å². The minimum absolute atomic E-state index is 0.188. The Balaban J connectivity index is 1.74. The zero-order valence-corrected chi connectivity index (χ0v) is 16.4. The van der Waals surface area contributed by atoms with Gasteiger partial charge in [0.05, 0.1) is 22.9 Å². The predicted octanol–water partition coefficient (Wildman–Crippen LogP) is 3.81. The fraction of sp³-hybridized carbons (Fsp3) is 0.238. The number of amides is 1. The number of anilines is 1. The molecule has 27 heavy (non-hydrogen) atoms. The number of rotatable bonds is 3. The lowest BCUT2D eigenvalue weighted by Crippen LogP contribution is -2.17. The molecule has 138 valence electrons. The Labute approximate surface area is 160 Å². The number of hydrogen-bond acceptors (Lipinski definition) is 3. The zero-order chi connectivity index (χ0) is 19.1. The van der Waals surface area contributed by atoms with Crippen molar-refractivity contribution >= 4 is 22.5 Å². The first kappa shape index (κ1) is 17.7. The van der Waals surface area contributed by atoms with Gasteiger partial charge in [0.2, 0.25) is 0 Å². The molecule has 0 bridgehead atoms. The molecule has 1 aliphatic rings. The number of hydrogen-bond donors (Lipinski definition) is 1. The van der Waals surface area contributed by atoms with Gasteiger partial charge in [-0.15, -0.1) is 0 Å². The summed E-state index contributed by atoms with van der Waals surface area (Å²) in [5.41, 5.74) is 6.50. The highest BCUT2D eigenvalue weighted by atomic mass is 32.2. The Kier molecular flexibility index (Phi) is 4.44. The molecule has 0 saturated carbocycles. The highest BCUT2D eigenvalue weighted by Gasteiger charge is 2.28. The van der Waals surface area contributed by atoms with Crippen molar-refractivity contribution < 1.29 is 9.00 Å². The number of carbonyl (C=O) groups is 1. The molecule has 0 fully saturated rings. The lowest BCUT2D eigenvalue weighted by molar-refractivity contribution is 0.102. The number of aromatic nitrogens is 2. The standard InChI is InChI=1S/C21H21N3O2S/c1-13-4-8-17(9-5-13)24-20(18-11-27(26)12-19(18)23-24)22-21(25)16-7-6-14(2)15(3)10-16/h4-10H,11-12H2,1-3H3,(H,22,25). The zero-order valence-electron chi connectivity index (χ0n) is 15.6. The van der Waals surface area contributed by atoms with E-state index in [1.165, 1.54) is 0 Å². The summed E-state index contributed by atoms with van der Waals surface area (Å²) in [6, 6.07) is 13.6. The molecular weight excluding hydrogens is 358 g/mol. The van der Waals surface area contributed by atoms with E-state index in [1.54, 1.807) is 4.68 Å². The highest BCUT2D eigenvalue weighted by Crippen LogP contribution is 2.31. The fourth-order valence-corrected chi connectivity index (χ4v) is 4.46. The molecule has 0 radical (unpaired) electrons. The minimum Gasteiger partial charge on any atom is -0.306 e. The second kappa shape index (κ2) is 6.78. The lowest BCUT2D eigenvalue weighted by Gasteiger charge is -2.12. The summed E-state index contributed by atoms with van der Waals surface area (Å²) in [6.45, 7) is 6.04. The van der Waals surface area contributed by atoms with Crippen LogP contribution in [0.3, 0.4) is 0 Å². The number of nitrogens with zero attached hydrogens (tertiary/aromatic N) is 2. The smallest absolute Gasteiger partial charge is 0.256 e. The molecule has 0 aliphatic carbocycles. The average Bonchev–Trinajstić information content (AvgIpc) is 3.15. The van der Waals surface area contributed by atoms with Crippen LogP contribution in [0.15, 0.2) is 42.5 Å². The molecule has 2 heterocycles. The third kappa shape index (κ3) is 3.32. The minimum atomic E-state index is -0.960. The van der Waals surface area contributed by atoms with Crippen LogP contribution in [0.25, 0.3) is 5.69 Å². The normalized spacial score (nSPS) is 15.6. The first-order valence-corrected chi connectivity index (χ1v) is 10.3. The van der Waals surface area contributed by atoms with Gasteiger partial charge in [0.15, 0.2) is 0 Å². The summed E-state index contributed by atoms with van der Waals surface area (Å²) in [5.74, 6) is 1.28. The van der Waals surface area contributed by atoms with E-state index in [0.29, 0.717) is 22.9 Å². The maximum Gasteiger partial charge on any atom is 0.256 e. The molecule has 1 N–H and O–H groups in total. The van der Waals surface area contributed by atoms with E-state index in [2.05, 4.69) is 10.4 Å². The summed E-state index contributed by atoms with van der Waals surface area (Å²) in [6.07, 6.45) is 0. The number of aryl methyl sites for hydroxylation is 3. The van der Waals surface area contributed by atoms with Crippen molar-refractivity contribution in [3.05, 3.63) is 76.0 Å². The van der Waals surface area contributed by atoms with Crippen molar-refractivity contribution in [3.63, 3.8) is 0 Å². The van der Waals surface area contributed by atoms with Crippen LogP contribution in [0.4, 0.5) is 5.82 Å². The summed E-state index contributed by atoms with van der Waals surface area (Å²) in [7, 11) is -0.960. The maximum absolute atomic E-state index is 12.9. The van der Waals surface area contributed by atoms with Gasteiger partial charge in [-0.1, -0.05) is 23.8 Å². The second-order valence-electron chi connectivity index (χ2n) is 7.00. The van der Waals surface area contributed by atoms with Gasteiger partial charge in [-0.3, -0.25) is 9.00 Å². The van der Waals surface area contributed by atoms with Gasteiger partial charge in [0.1, 0.15) is 5.82 Å². The van der Waals surface area contributed by atoms with Crippen molar-refractivity contribution in [1.82, 2.24) is 9.78 Å². The first-order valence-electron chi connectivity index (χ1n) is 8.84. The van der Waals surface area contributed by atoms with E-state index in [4.69, 9.17) is 0 Å². The molecule has 0 spiro atoms. The van der Waals surface area contributed by atoms with Gasteiger partial charge in [0, 0.05) is 21.9 Å². The Hall–Kier alpha value is -2.73. The number of nitrogens with one attached hydrogen (secondary N) is 1. The van der Waals surface area contributed by atoms with E-state index in [1.807, 2.05) is 63.2 Å². The van der Waals surface area contributed by atoms with Gasteiger partial charge < -0.3 is 5.32 Å². The topological polar surface area (TPSA) is 64.0 Å². The van der Waals surface area contributed by atoms with Crippen molar-refractivity contribution in [2.75, 3.05) is 5.32 Å². The maximum atomic E-state index is 12.9. The molecule has 5 nitrogen and oxygen atoms in total. The number of benzene rings is 2. The second-order valence-corrected chi connectivity index (χ2v) is 8.46.